The molecule has 3 nitrogen and oxygen atoms in total. The van der Waals surface area contributed by atoms with Crippen molar-refractivity contribution in [3.8, 4) is 6.07 Å². The predicted octanol–water partition coefficient (Wildman–Crippen LogP) is 4.47. The van der Waals surface area contributed by atoms with Crippen molar-refractivity contribution in [3.05, 3.63) is 65.4 Å². The average molecular weight is 273 g/mol. The Morgan fingerprint density at radius 2 is 1.86 bits per heavy atom. The Kier molecular flexibility index (Phi) is 3.29. The molecule has 0 saturated carbocycles. The van der Waals surface area contributed by atoms with Crippen molar-refractivity contribution in [2.75, 3.05) is 5.32 Å². The summed E-state index contributed by atoms with van der Waals surface area (Å²) in [5.41, 5.74) is 5.99. The van der Waals surface area contributed by atoms with E-state index in [0.29, 0.717) is 5.56 Å². The minimum Gasteiger partial charge on any atom is -0.355 e. The van der Waals surface area contributed by atoms with Gasteiger partial charge < -0.3 is 5.32 Å². The van der Waals surface area contributed by atoms with Gasteiger partial charge >= 0.3 is 0 Å². The summed E-state index contributed by atoms with van der Waals surface area (Å²) in [7, 11) is 0. The first-order chi connectivity index (χ1) is 10.2. The molecule has 0 unspecified atom stereocenters. The van der Waals surface area contributed by atoms with Crippen LogP contribution in [0.2, 0.25) is 0 Å². The van der Waals surface area contributed by atoms with E-state index in [1.165, 1.54) is 11.1 Å². The highest BCUT2D eigenvalue weighted by atomic mass is 14.9. The number of rotatable bonds is 2. The number of fused-ring (bicyclic) bond motifs is 1. The highest BCUT2D eigenvalue weighted by molar-refractivity contribution is 5.93. The summed E-state index contributed by atoms with van der Waals surface area (Å²) < 4.78 is 0. The molecule has 1 aromatic heterocycles. The summed E-state index contributed by atoms with van der Waals surface area (Å²) in [4.78, 5) is 4.43. The number of hydrogen-bond donors (Lipinski definition) is 1. The van der Waals surface area contributed by atoms with Crippen LogP contribution in [0.1, 0.15) is 16.7 Å². The Labute approximate surface area is 123 Å². The van der Waals surface area contributed by atoms with Crippen molar-refractivity contribution >= 4 is 22.3 Å². The number of aryl methyl sites for hydroxylation is 2. The molecule has 0 saturated heterocycles. The second-order valence-electron chi connectivity index (χ2n) is 5.13. The van der Waals surface area contributed by atoms with Gasteiger partial charge in [-0.05, 0) is 61.4 Å². The summed E-state index contributed by atoms with van der Waals surface area (Å²) >= 11 is 0. The average Bonchev–Trinajstić information content (AvgIpc) is 2.49. The van der Waals surface area contributed by atoms with Gasteiger partial charge in [-0.2, -0.15) is 5.26 Å². The maximum atomic E-state index is 8.98. The molecule has 0 atom stereocenters. The number of nitrogens with one attached hydrogen (secondary N) is 1. The van der Waals surface area contributed by atoms with Crippen LogP contribution in [0.15, 0.2) is 48.7 Å². The molecule has 1 N–H and O–H groups in total. The SMILES string of the molecule is Cc1cc2nccc(Nc3cccc(C#N)c3)c2cc1C. The topological polar surface area (TPSA) is 48.7 Å². The number of nitriles is 1. The van der Waals surface area contributed by atoms with E-state index < -0.39 is 0 Å². The molecule has 0 spiro atoms. The molecule has 21 heavy (non-hydrogen) atoms. The second-order valence-corrected chi connectivity index (χ2v) is 5.13. The highest BCUT2D eigenvalue weighted by Crippen LogP contribution is 2.27. The van der Waals surface area contributed by atoms with Crippen LogP contribution >= 0.6 is 0 Å². The van der Waals surface area contributed by atoms with Crippen molar-refractivity contribution in [2.24, 2.45) is 0 Å². The summed E-state index contributed by atoms with van der Waals surface area (Å²) in [6, 6.07) is 15.8. The molecular formula is C18H15N3. The fraction of sp³-hybridized carbons (Fsp3) is 0.111. The number of anilines is 2. The summed E-state index contributed by atoms with van der Waals surface area (Å²) in [6.45, 7) is 4.19. The number of pyridine rings is 1. The van der Waals surface area contributed by atoms with E-state index >= 15 is 0 Å². The third kappa shape index (κ3) is 2.56. The van der Waals surface area contributed by atoms with Gasteiger partial charge in [0.2, 0.25) is 0 Å². The Bertz CT molecular complexity index is 860. The van der Waals surface area contributed by atoms with Crippen molar-refractivity contribution in [1.82, 2.24) is 4.98 Å². The van der Waals surface area contributed by atoms with Crippen LogP contribution in [0.25, 0.3) is 10.9 Å². The normalized spacial score (nSPS) is 10.3. The molecule has 3 aromatic rings. The lowest BCUT2D eigenvalue weighted by molar-refractivity contribution is 1.33. The van der Waals surface area contributed by atoms with Crippen molar-refractivity contribution in [1.29, 1.82) is 5.26 Å². The minimum atomic E-state index is 0.644. The fourth-order valence-electron chi connectivity index (χ4n) is 2.34. The smallest absolute Gasteiger partial charge is 0.0992 e. The minimum absolute atomic E-state index is 0.644. The van der Waals surface area contributed by atoms with Crippen LogP contribution in [0.4, 0.5) is 11.4 Å². The third-order valence-corrected chi connectivity index (χ3v) is 3.63. The molecular weight excluding hydrogens is 258 g/mol. The largest absolute Gasteiger partial charge is 0.355 e. The quantitative estimate of drug-likeness (QED) is 0.749. The van der Waals surface area contributed by atoms with Gasteiger partial charge in [0.15, 0.2) is 0 Å². The van der Waals surface area contributed by atoms with Crippen LogP contribution in [0.3, 0.4) is 0 Å². The molecule has 3 rings (SSSR count). The standard InChI is InChI=1S/C18H15N3/c1-12-8-16-17(6-7-20-18(16)9-13(12)2)21-15-5-3-4-14(10-15)11-19/h3-10H,1-2H3,(H,20,21). The third-order valence-electron chi connectivity index (χ3n) is 3.63. The van der Waals surface area contributed by atoms with Gasteiger partial charge in [-0.1, -0.05) is 6.07 Å². The molecule has 0 bridgehead atoms. The Hall–Kier alpha value is -2.86. The molecule has 2 aromatic carbocycles. The second kappa shape index (κ2) is 5.26. The predicted molar refractivity (Wildman–Crippen MR) is 85.7 cm³/mol. The lowest BCUT2D eigenvalue weighted by Gasteiger charge is -2.11. The first kappa shape index (κ1) is 13.1. The molecule has 0 fully saturated rings. The van der Waals surface area contributed by atoms with Crippen LogP contribution in [0.5, 0.6) is 0 Å². The molecule has 0 aliphatic rings. The van der Waals surface area contributed by atoms with Crippen molar-refractivity contribution < 1.29 is 0 Å². The Morgan fingerprint density at radius 3 is 2.67 bits per heavy atom. The van der Waals surface area contributed by atoms with Crippen LogP contribution in [0, 0.1) is 25.2 Å². The van der Waals surface area contributed by atoms with Crippen LogP contribution in [-0.4, -0.2) is 4.98 Å². The zero-order valence-electron chi connectivity index (χ0n) is 12.0. The van der Waals surface area contributed by atoms with Crippen molar-refractivity contribution in [2.45, 2.75) is 13.8 Å². The molecule has 3 heteroatoms. The van der Waals surface area contributed by atoms with Crippen LogP contribution < -0.4 is 5.32 Å². The van der Waals surface area contributed by atoms with Gasteiger partial charge in [-0.25, -0.2) is 0 Å². The van der Waals surface area contributed by atoms with E-state index in [1.807, 2.05) is 24.3 Å². The summed E-state index contributed by atoms with van der Waals surface area (Å²) in [5, 5.41) is 13.4. The van der Waals surface area contributed by atoms with Gasteiger partial charge in [0, 0.05) is 23.0 Å². The Balaban J connectivity index is 2.08. The zero-order chi connectivity index (χ0) is 14.8. The van der Waals surface area contributed by atoms with Crippen molar-refractivity contribution in [3.63, 3.8) is 0 Å². The summed E-state index contributed by atoms with van der Waals surface area (Å²) in [5.74, 6) is 0. The van der Waals surface area contributed by atoms with E-state index in [1.54, 1.807) is 12.3 Å². The number of hydrogen-bond acceptors (Lipinski definition) is 3. The van der Waals surface area contributed by atoms with Crippen LogP contribution in [-0.2, 0) is 0 Å². The Morgan fingerprint density at radius 1 is 1.05 bits per heavy atom. The van der Waals surface area contributed by atoms with Gasteiger partial charge in [0.05, 0.1) is 17.1 Å². The molecule has 0 radical (unpaired) electrons. The molecule has 0 amide bonds. The lowest BCUT2D eigenvalue weighted by Crippen LogP contribution is -1.94. The van der Waals surface area contributed by atoms with Gasteiger partial charge in [-0.15, -0.1) is 0 Å². The maximum absolute atomic E-state index is 8.98. The number of nitrogens with zero attached hydrogens (tertiary/aromatic N) is 2. The number of benzene rings is 2. The number of aromatic nitrogens is 1. The maximum Gasteiger partial charge on any atom is 0.0992 e. The molecule has 0 aliphatic heterocycles. The van der Waals surface area contributed by atoms with E-state index in [4.69, 9.17) is 5.26 Å². The van der Waals surface area contributed by atoms with E-state index in [-0.39, 0.29) is 0 Å². The lowest BCUT2D eigenvalue weighted by atomic mass is 10.0. The monoisotopic (exact) mass is 273 g/mol. The molecule has 102 valence electrons. The van der Waals surface area contributed by atoms with Gasteiger partial charge in [0.1, 0.15) is 0 Å². The zero-order valence-corrected chi connectivity index (χ0v) is 12.0. The first-order valence-corrected chi connectivity index (χ1v) is 6.80. The molecule has 1 heterocycles. The van der Waals surface area contributed by atoms with E-state index in [2.05, 4.69) is 42.4 Å². The fourth-order valence-corrected chi connectivity index (χ4v) is 2.34. The van der Waals surface area contributed by atoms with E-state index in [0.717, 1.165) is 22.3 Å². The molecule has 0 aliphatic carbocycles. The summed E-state index contributed by atoms with van der Waals surface area (Å²) in [6.07, 6.45) is 1.80. The van der Waals surface area contributed by atoms with Gasteiger partial charge in [-0.3, -0.25) is 4.98 Å². The first-order valence-electron chi connectivity index (χ1n) is 6.80. The van der Waals surface area contributed by atoms with E-state index in [9.17, 15) is 0 Å². The van der Waals surface area contributed by atoms with Gasteiger partial charge in [0.25, 0.3) is 0 Å². The highest BCUT2D eigenvalue weighted by Gasteiger charge is 2.05.